The molecule has 0 fully saturated rings. The summed E-state index contributed by atoms with van der Waals surface area (Å²) in [7, 11) is 0. The molecule has 0 aliphatic heterocycles. The van der Waals surface area contributed by atoms with E-state index in [1.54, 1.807) is 6.92 Å². The molecule has 0 heteroatoms. The lowest BCUT2D eigenvalue weighted by Gasteiger charge is -1.89. The van der Waals surface area contributed by atoms with Gasteiger partial charge in [-0.2, -0.15) is 0 Å². The normalized spacial score (nSPS) is 8.00. The average Bonchev–Trinajstić information content (AvgIpc) is 2.18. The Balaban J connectivity index is 0. The molecule has 0 aromatic heterocycles. The minimum absolute atomic E-state index is 0.835. The van der Waals surface area contributed by atoms with Crippen molar-refractivity contribution in [2.75, 3.05) is 0 Å². The van der Waals surface area contributed by atoms with Gasteiger partial charge in [0.1, 0.15) is 0 Å². The van der Waals surface area contributed by atoms with E-state index in [0.29, 0.717) is 0 Å². The summed E-state index contributed by atoms with van der Waals surface area (Å²) in [6, 6.07) is 0. The molecule has 0 nitrogen and oxygen atoms in total. The molecule has 0 saturated carbocycles. The van der Waals surface area contributed by atoms with Gasteiger partial charge in [0.05, 0.1) is 0 Å². The van der Waals surface area contributed by atoms with E-state index in [-0.39, 0.29) is 0 Å². The minimum Gasteiger partial charge on any atom is -0.101 e. The first-order chi connectivity index (χ1) is 6.20. The van der Waals surface area contributed by atoms with Crippen LogP contribution in [0.25, 0.3) is 0 Å². The van der Waals surface area contributed by atoms with E-state index in [9.17, 15) is 0 Å². The maximum atomic E-state index is 3.83. The first kappa shape index (κ1) is 14.3. The second-order valence-electron chi connectivity index (χ2n) is 2.25. The molecule has 0 aromatic carbocycles. The summed E-state index contributed by atoms with van der Waals surface area (Å²) in [6.07, 6.45) is 4.82. The predicted molar refractivity (Wildman–Crippen MR) is 62.5 cm³/mol. The van der Waals surface area contributed by atoms with Crippen LogP contribution in [0.2, 0.25) is 0 Å². The molecule has 0 saturated heterocycles. The van der Waals surface area contributed by atoms with Crippen LogP contribution in [0.5, 0.6) is 0 Å². The average molecular weight is 176 g/mol. The molecule has 0 atom stereocenters. The van der Waals surface area contributed by atoms with E-state index in [2.05, 4.69) is 31.9 Å². The molecule has 0 aromatic rings. The van der Waals surface area contributed by atoms with Gasteiger partial charge in [0.25, 0.3) is 0 Å². The Bertz CT molecular complexity index is 230. The van der Waals surface area contributed by atoms with E-state index < -0.39 is 0 Å². The number of hydrogen-bond acceptors (Lipinski definition) is 0. The minimum atomic E-state index is 0.835. The maximum absolute atomic E-state index is 3.83. The Morgan fingerprint density at radius 2 is 1.77 bits per heavy atom. The van der Waals surface area contributed by atoms with Crippen LogP contribution in [-0.2, 0) is 0 Å². The Hall–Kier alpha value is -1.22. The van der Waals surface area contributed by atoms with Gasteiger partial charge in [0.2, 0.25) is 0 Å². The van der Waals surface area contributed by atoms with Gasteiger partial charge < -0.3 is 0 Å². The van der Waals surface area contributed by atoms with Gasteiger partial charge in [0.15, 0.2) is 0 Å². The van der Waals surface area contributed by atoms with Gasteiger partial charge in [-0.3, -0.25) is 0 Å². The molecule has 0 bridgehead atoms. The van der Waals surface area contributed by atoms with Crippen molar-refractivity contribution < 1.29 is 0 Å². The third-order valence-electron chi connectivity index (χ3n) is 1.26. The first-order valence-electron chi connectivity index (χ1n) is 4.68. The van der Waals surface area contributed by atoms with Crippen molar-refractivity contribution in [2.45, 2.75) is 34.1 Å². The van der Waals surface area contributed by atoms with Gasteiger partial charge in [-0.1, -0.05) is 51.5 Å². The van der Waals surface area contributed by atoms with Crippen molar-refractivity contribution in [1.82, 2.24) is 0 Å². The van der Waals surface area contributed by atoms with Crippen LogP contribution in [0, 0.1) is 11.8 Å². The van der Waals surface area contributed by atoms with Gasteiger partial charge in [-0.05, 0) is 19.4 Å². The number of hydrogen-bond donors (Lipinski definition) is 0. The van der Waals surface area contributed by atoms with E-state index in [1.807, 2.05) is 26.0 Å². The van der Waals surface area contributed by atoms with Crippen LogP contribution in [-0.4, -0.2) is 0 Å². The number of rotatable bonds is 3. The molecular weight excluding hydrogens is 156 g/mol. The summed E-state index contributed by atoms with van der Waals surface area (Å²) < 4.78 is 0. The highest BCUT2D eigenvalue weighted by atomic mass is 13.9. The van der Waals surface area contributed by atoms with Crippen LogP contribution >= 0.6 is 0 Å². The second-order valence-corrected chi connectivity index (χ2v) is 2.25. The lowest BCUT2D eigenvalue weighted by Crippen LogP contribution is -1.71. The van der Waals surface area contributed by atoms with Crippen molar-refractivity contribution in [3.05, 3.63) is 36.5 Å². The Morgan fingerprint density at radius 1 is 1.23 bits per heavy atom. The zero-order valence-corrected chi connectivity index (χ0v) is 9.28. The maximum Gasteiger partial charge on any atom is 0.0173 e. The molecule has 0 heterocycles. The predicted octanol–water partition coefficient (Wildman–Crippen LogP) is 4.11. The highest BCUT2D eigenvalue weighted by Crippen LogP contribution is 2.00. The molecule has 72 valence electrons. The van der Waals surface area contributed by atoms with Crippen molar-refractivity contribution in [3.8, 4) is 11.8 Å². The zero-order chi connectivity index (χ0) is 10.7. The summed E-state index contributed by atoms with van der Waals surface area (Å²) >= 11 is 0. The van der Waals surface area contributed by atoms with E-state index in [1.165, 1.54) is 0 Å². The Morgan fingerprint density at radius 3 is 2.15 bits per heavy atom. The fraction of sp³-hybridized carbons (Fsp3) is 0.385. The topological polar surface area (TPSA) is 0 Å². The van der Waals surface area contributed by atoms with E-state index >= 15 is 0 Å². The monoisotopic (exact) mass is 176 g/mol. The molecule has 0 N–H and O–H groups in total. The second kappa shape index (κ2) is 10.8. The van der Waals surface area contributed by atoms with E-state index in [0.717, 1.165) is 17.6 Å². The van der Waals surface area contributed by atoms with Crippen molar-refractivity contribution >= 4 is 0 Å². The molecule has 0 amide bonds. The first-order valence-corrected chi connectivity index (χ1v) is 4.68. The summed E-state index contributed by atoms with van der Waals surface area (Å²) in [4.78, 5) is 0. The van der Waals surface area contributed by atoms with Gasteiger partial charge >= 0.3 is 0 Å². The SMILES string of the molecule is C=C(C#CC)/C=C\C(=C)CC.CC. The van der Waals surface area contributed by atoms with Gasteiger partial charge in [-0.15, -0.1) is 5.92 Å². The molecule has 13 heavy (non-hydrogen) atoms. The van der Waals surface area contributed by atoms with Crippen molar-refractivity contribution in [1.29, 1.82) is 0 Å². The molecule has 0 rings (SSSR count). The summed E-state index contributed by atoms with van der Waals surface area (Å²) in [6.45, 7) is 15.4. The molecule has 0 unspecified atom stereocenters. The lowest BCUT2D eigenvalue weighted by atomic mass is 10.2. The van der Waals surface area contributed by atoms with Gasteiger partial charge in [0, 0.05) is 5.57 Å². The Kier molecular flexibility index (Phi) is 11.9. The quantitative estimate of drug-likeness (QED) is 0.448. The third kappa shape index (κ3) is 10.8. The van der Waals surface area contributed by atoms with Crippen molar-refractivity contribution in [3.63, 3.8) is 0 Å². The van der Waals surface area contributed by atoms with E-state index in [4.69, 9.17) is 0 Å². The molecular formula is C13H20. The fourth-order valence-corrected chi connectivity index (χ4v) is 0.539. The molecule has 0 aliphatic rings. The van der Waals surface area contributed by atoms with Gasteiger partial charge in [-0.25, -0.2) is 0 Å². The Labute approximate surface area is 83.1 Å². The van der Waals surface area contributed by atoms with Crippen LogP contribution < -0.4 is 0 Å². The standard InChI is InChI=1S/C11H14.C2H6/c1-5-7-11(4)9-8-10(3)6-2;1-2/h8-9H,3-4,6H2,1-2H3;1-2H3/b9-8-;. The van der Waals surface area contributed by atoms with Crippen molar-refractivity contribution in [2.24, 2.45) is 0 Å². The fourth-order valence-electron chi connectivity index (χ4n) is 0.539. The third-order valence-corrected chi connectivity index (χ3v) is 1.26. The zero-order valence-electron chi connectivity index (χ0n) is 9.28. The number of allylic oxidation sites excluding steroid dienone is 4. The largest absolute Gasteiger partial charge is 0.101 e. The van der Waals surface area contributed by atoms with Crippen LogP contribution in [0.3, 0.4) is 0 Å². The molecule has 0 radical (unpaired) electrons. The summed E-state index contributed by atoms with van der Waals surface area (Å²) in [5, 5.41) is 0. The van der Waals surface area contributed by atoms with Crippen LogP contribution in [0.1, 0.15) is 34.1 Å². The van der Waals surface area contributed by atoms with Crippen LogP contribution in [0.4, 0.5) is 0 Å². The lowest BCUT2D eigenvalue weighted by molar-refractivity contribution is 1.16. The highest BCUT2D eigenvalue weighted by molar-refractivity contribution is 5.37. The molecule has 0 spiro atoms. The van der Waals surface area contributed by atoms with Crippen LogP contribution in [0.15, 0.2) is 36.5 Å². The molecule has 0 aliphatic carbocycles. The highest BCUT2D eigenvalue weighted by Gasteiger charge is 1.81. The smallest absolute Gasteiger partial charge is 0.0173 e. The summed E-state index contributed by atoms with van der Waals surface area (Å²) in [5.74, 6) is 5.63. The summed E-state index contributed by atoms with van der Waals surface area (Å²) in [5.41, 5.74) is 1.94.